The molecule has 0 amide bonds. The van der Waals surface area contributed by atoms with Crippen molar-refractivity contribution in [2.24, 2.45) is 0 Å². The number of methoxy groups -OCH3 is 1. The molecule has 0 saturated carbocycles. The number of benzene rings is 1. The first-order valence-corrected chi connectivity index (χ1v) is 3.55. The lowest BCUT2D eigenvalue weighted by molar-refractivity contribution is 0.148. The second kappa shape index (κ2) is 3.97. The number of nitriles is 1. The molecule has 0 aliphatic heterocycles. The number of hydrogen-bond acceptors (Lipinski definition) is 2. The molecular weight excluding hydrogens is 176 g/mol. The van der Waals surface area contributed by atoms with Crippen LogP contribution in [0.4, 0.5) is 8.78 Å². The Balaban J connectivity index is 3.08. The van der Waals surface area contributed by atoms with Crippen molar-refractivity contribution in [3.05, 3.63) is 35.4 Å². The highest BCUT2D eigenvalue weighted by atomic mass is 19.1. The fourth-order valence-corrected chi connectivity index (χ4v) is 0.990. The van der Waals surface area contributed by atoms with Crippen LogP contribution in [0.25, 0.3) is 0 Å². The van der Waals surface area contributed by atoms with Gasteiger partial charge in [-0.1, -0.05) is 0 Å². The highest BCUT2D eigenvalue weighted by Gasteiger charge is 2.11. The summed E-state index contributed by atoms with van der Waals surface area (Å²) in [5.41, 5.74) is 0.183. The summed E-state index contributed by atoms with van der Waals surface area (Å²) in [6.45, 7) is 0. The van der Waals surface area contributed by atoms with Gasteiger partial charge in [0.25, 0.3) is 0 Å². The number of ether oxygens (including phenoxy) is 1. The van der Waals surface area contributed by atoms with Crippen molar-refractivity contribution in [2.45, 2.75) is 6.10 Å². The zero-order valence-electron chi connectivity index (χ0n) is 6.92. The predicted octanol–water partition coefficient (Wildman–Crippen LogP) is 2.18. The van der Waals surface area contributed by atoms with Gasteiger partial charge in [0.15, 0.2) is 6.10 Å². The molecule has 1 atom stereocenters. The van der Waals surface area contributed by atoms with Gasteiger partial charge >= 0.3 is 0 Å². The van der Waals surface area contributed by atoms with Crippen molar-refractivity contribution in [3.8, 4) is 6.07 Å². The van der Waals surface area contributed by atoms with Crippen molar-refractivity contribution < 1.29 is 13.5 Å². The molecule has 68 valence electrons. The van der Waals surface area contributed by atoms with Gasteiger partial charge in [-0.05, 0) is 12.1 Å². The number of hydrogen-bond donors (Lipinski definition) is 0. The maximum atomic E-state index is 12.7. The Morgan fingerprint density at radius 1 is 1.31 bits per heavy atom. The molecule has 0 aromatic heterocycles. The molecule has 0 N–H and O–H groups in total. The van der Waals surface area contributed by atoms with Crippen LogP contribution in [0.3, 0.4) is 0 Å². The van der Waals surface area contributed by atoms with Gasteiger partial charge in [0.05, 0.1) is 6.07 Å². The van der Waals surface area contributed by atoms with Crippen LogP contribution in [0.1, 0.15) is 11.7 Å². The molecular formula is C9H7F2NO. The van der Waals surface area contributed by atoms with Gasteiger partial charge in [0.2, 0.25) is 0 Å². The Morgan fingerprint density at radius 2 is 1.85 bits per heavy atom. The molecule has 2 nitrogen and oxygen atoms in total. The quantitative estimate of drug-likeness (QED) is 0.703. The number of rotatable bonds is 2. The van der Waals surface area contributed by atoms with Crippen LogP contribution >= 0.6 is 0 Å². The molecule has 0 aliphatic rings. The standard InChI is InChI=1S/C9H7F2NO/c1-13-9(5-12)6-2-7(10)4-8(11)3-6/h2-4,9H,1H3. The number of nitrogens with zero attached hydrogens (tertiary/aromatic N) is 1. The average molecular weight is 183 g/mol. The first-order chi connectivity index (χ1) is 6.17. The third kappa shape index (κ3) is 2.23. The van der Waals surface area contributed by atoms with Crippen LogP contribution in [-0.2, 0) is 4.74 Å². The second-order valence-electron chi connectivity index (χ2n) is 2.45. The lowest BCUT2D eigenvalue weighted by Crippen LogP contribution is -1.99. The lowest BCUT2D eigenvalue weighted by Gasteiger charge is -2.06. The van der Waals surface area contributed by atoms with Crippen LogP contribution in [0.15, 0.2) is 18.2 Å². The fourth-order valence-electron chi connectivity index (χ4n) is 0.990. The minimum atomic E-state index is -0.926. The zero-order valence-corrected chi connectivity index (χ0v) is 6.92. The Kier molecular flexibility index (Phi) is 2.93. The molecule has 0 spiro atoms. The molecule has 0 fully saturated rings. The van der Waals surface area contributed by atoms with Crippen molar-refractivity contribution >= 4 is 0 Å². The summed E-state index contributed by atoms with van der Waals surface area (Å²) in [4.78, 5) is 0. The smallest absolute Gasteiger partial charge is 0.168 e. The topological polar surface area (TPSA) is 33.0 Å². The molecule has 0 radical (unpaired) electrons. The van der Waals surface area contributed by atoms with Crippen molar-refractivity contribution in [1.82, 2.24) is 0 Å². The van der Waals surface area contributed by atoms with E-state index < -0.39 is 17.7 Å². The molecule has 1 rings (SSSR count). The van der Waals surface area contributed by atoms with Crippen LogP contribution in [0.2, 0.25) is 0 Å². The minimum Gasteiger partial charge on any atom is -0.362 e. The van der Waals surface area contributed by atoms with E-state index in [1.165, 1.54) is 7.11 Å². The average Bonchev–Trinajstić information content (AvgIpc) is 2.04. The van der Waals surface area contributed by atoms with Crippen molar-refractivity contribution in [3.63, 3.8) is 0 Å². The molecule has 13 heavy (non-hydrogen) atoms. The van der Waals surface area contributed by atoms with Gasteiger partial charge in [-0.2, -0.15) is 5.26 Å². The van der Waals surface area contributed by atoms with E-state index in [0.717, 1.165) is 18.2 Å². The molecule has 1 aromatic rings. The molecule has 0 aliphatic carbocycles. The van der Waals surface area contributed by atoms with Crippen molar-refractivity contribution in [2.75, 3.05) is 7.11 Å². The first kappa shape index (κ1) is 9.62. The largest absolute Gasteiger partial charge is 0.362 e. The molecule has 0 bridgehead atoms. The summed E-state index contributed by atoms with van der Waals surface area (Å²) in [5, 5.41) is 8.54. The maximum Gasteiger partial charge on any atom is 0.168 e. The van der Waals surface area contributed by atoms with E-state index in [2.05, 4.69) is 0 Å². The van der Waals surface area contributed by atoms with Gasteiger partial charge in [0.1, 0.15) is 11.6 Å². The lowest BCUT2D eigenvalue weighted by atomic mass is 10.1. The Hall–Kier alpha value is -1.47. The predicted molar refractivity (Wildman–Crippen MR) is 41.7 cm³/mol. The summed E-state index contributed by atoms with van der Waals surface area (Å²) < 4.78 is 30.0. The Bertz CT molecular complexity index is 326. The maximum absolute atomic E-state index is 12.7. The molecule has 1 unspecified atom stereocenters. The first-order valence-electron chi connectivity index (χ1n) is 3.55. The number of halogens is 2. The molecule has 4 heteroatoms. The van der Waals surface area contributed by atoms with E-state index in [9.17, 15) is 8.78 Å². The highest BCUT2D eigenvalue weighted by Crippen LogP contribution is 2.17. The van der Waals surface area contributed by atoms with E-state index in [4.69, 9.17) is 10.00 Å². The van der Waals surface area contributed by atoms with Gasteiger partial charge in [-0.3, -0.25) is 0 Å². The summed E-state index contributed by atoms with van der Waals surface area (Å²) >= 11 is 0. The van der Waals surface area contributed by atoms with Gasteiger partial charge in [-0.15, -0.1) is 0 Å². The molecule has 0 saturated heterocycles. The normalized spacial score (nSPS) is 12.2. The van der Waals surface area contributed by atoms with Gasteiger partial charge in [-0.25, -0.2) is 8.78 Å². The summed E-state index contributed by atoms with van der Waals surface area (Å²) in [6.07, 6.45) is -0.926. The second-order valence-corrected chi connectivity index (χ2v) is 2.45. The zero-order chi connectivity index (χ0) is 9.84. The fraction of sp³-hybridized carbons (Fsp3) is 0.222. The van der Waals surface area contributed by atoms with Crippen LogP contribution in [0.5, 0.6) is 0 Å². The van der Waals surface area contributed by atoms with E-state index in [-0.39, 0.29) is 5.56 Å². The summed E-state index contributed by atoms with van der Waals surface area (Å²) in [7, 11) is 1.30. The monoisotopic (exact) mass is 183 g/mol. The third-order valence-electron chi connectivity index (χ3n) is 1.54. The van der Waals surface area contributed by atoms with Gasteiger partial charge < -0.3 is 4.74 Å². The Labute approximate surface area is 74.4 Å². The van der Waals surface area contributed by atoms with Crippen LogP contribution in [-0.4, -0.2) is 7.11 Å². The van der Waals surface area contributed by atoms with Crippen molar-refractivity contribution in [1.29, 1.82) is 5.26 Å². The SMILES string of the molecule is COC(C#N)c1cc(F)cc(F)c1. The summed E-state index contributed by atoms with van der Waals surface area (Å²) in [6, 6.07) is 4.65. The third-order valence-corrected chi connectivity index (χ3v) is 1.54. The van der Waals surface area contributed by atoms with E-state index in [0.29, 0.717) is 0 Å². The van der Waals surface area contributed by atoms with E-state index >= 15 is 0 Å². The van der Waals surface area contributed by atoms with E-state index in [1.807, 2.05) is 0 Å². The highest BCUT2D eigenvalue weighted by molar-refractivity contribution is 5.24. The minimum absolute atomic E-state index is 0.183. The Morgan fingerprint density at radius 3 is 2.23 bits per heavy atom. The summed E-state index contributed by atoms with van der Waals surface area (Å²) in [5.74, 6) is -1.43. The molecule has 1 aromatic carbocycles. The van der Waals surface area contributed by atoms with Gasteiger partial charge in [0, 0.05) is 18.7 Å². The molecule has 0 heterocycles. The van der Waals surface area contributed by atoms with Crippen LogP contribution in [0, 0.1) is 23.0 Å². The van der Waals surface area contributed by atoms with Crippen LogP contribution < -0.4 is 0 Å². The van der Waals surface area contributed by atoms with E-state index in [1.54, 1.807) is 6.07 Å².